The molecule has 1 amide bonds. The number of amides is 1. The predicted octanol–water partition coefficient (Wildman–Crippen LogP) is 4.25. The minimum absolute atomic E-state index is 0.0408. The summed E-state index contributed by atoms with van der Waals surface area (Å²) < 4.78 is 10.3. The van der Waals surface area contributed by atoms with Gasteiger partial charge in [0.05, 0.1) is 23.7 Å². The van der Waals surface area contributed by atoms with Gasteiger partial charge in [-0.25, -0.2) is 0 Å². The number of aryl methyl sites for hydroxylation is 1. The molecule has 1 N–H and O–H groups in total. The highest BCUT2D eigenvalue weighted by atomic mass is 35.5. The van der Waals surface area contributed by atoms with Crippen LogP contribution in [0.1, 0.15) is 12.0 Å². The van der Waals surface area contributed by atoms with Gasteiger partial charge in [-0.1, -0.05) is 40.9 Å². The number of nitrogens with one attached hydrogen (secondary N) is 1. The normalized spacial score (nSPS) is 10.2. The molecule has 0 aliphatic rings. The van der Waals surface area contributed by atoms with E-state index in [1.165, 1.54) is 6.07 Å². The van der Waals surface area contributed by atoms with Crippen LogP contribution < -0.4 is 10.1 Å². The van der Waals surface area contributed by atoms with Gasteiger partial charge in [0.15, 0.2) is 6.61 Å². The first kappa shape index (κ1) is 19.1. The second-order valence-electron chi connectivity index (χ2n) is 5.24. The van der Waals surface area contributed by atoms with Gasteiger partial charge >= 0.3 is 5.97 Å². The number of ether oxygens (including phenoxy) is 2. The zero-order chi connectivity index (χ0) is 18.2. The van der Waals surface area contributed by atoms with E-state index in [1.807, 2.05) is 31.2 Å². The van der Waals surface area contributed by atoms with Crippen LogP contribution in [0.2, 0.25) is 10.0 Å². The largest absolute Gasteiger partial charge is 0.493 e. The number of anilines is 1. The third kappa shape index (κ3) is 6.64. The number of hydrogen-bond acceptors (Lipinski definition) is 4. The first-order chi connectivity index (χ1) is 11.9. The monoisotopic (exact) mass is 381 g/mol. The minimum Gasteiger partial charge on any atom is -0.493 e. The van der Waals surface area contributed by atoms with Gasteiger partial charge in [-0.15, -0.1) is 0 Å². The molecular weight excluding hydrogens is 365 g/mol. The number of hydrogen-bond donors (Lipinski definition) is 1. The van der Waals surface area contributed by atoms with Crippen molar-refractivity contribution in [3.05, 3.63) is 58.1 Å². The Hall–Kier alpha value is -2.24. The standard InChI is InChI=1S/C18H17Cl2NO4/c1-12-2-5-14(6-3-12)24-9-8-18(23)25-11-17(22)21-16-10-13(19)4-7-15(16)20/h2-7,10H,8-9,11H2,1H3,(H,21,22). The number of halogens is 2. The first-order valence-corrected chi connectivity index (χ1v) is 8.29. The van der Waals surface area contributed by atoms with Gasteiger partial charge in [0.2, 0.25) is 0 Å². The summed E-state index contributed by atoms with van der Waals surface area (Å²) in [5.41, 5.74) is 1.48. The molecule has 0 heterocycles. The quantitative estimate of drug-likeness (QED) is 0.727. The zero-order valence-corrected chi connectivity index (χ0v) is 15.1. The molecule has 0 aromatic heterocycles. The van der Waals surface area contributed by atoms with Gasteiger partial charge in [-0.3, -0.25) is 9.59 Å². The lowest BCUT2D eigenvalue weighted by molar-refractivity contribution is -0.147. The van der Waals surface area contributed by atoms with Crippen molar-refractivity contribution < 1.29 is 19.1 Å². The maximum atomic E-state index is 11.8. The van der Waals surface area contributed by atoms with Gasteiger partial charge < -0.3 is 14.8 Å². The van der Waals surface area contributed by atoms with E-state index in [2.05, 4.69) is 5.32 Å². The van der Waals surface area contributed by atoms with Crippen molar-refractivity contribution in [3.63, 3.8) is 0 Å². The number of rotatable bonds is 7. The summed E-state index contributed by atoms with van der Waals surface area (Å²) in [6, 6.07) is 12.2. The highest BCUT2D eigenvalue weighted by Gasteiger charge is 2.10. The molecule has 0 atom stereocenters. The molecule has 0 fully saturated rings. The van der Waals surface area contributed by atoms with Crippen molar-refractivity contribution in [2.45, 2.75) is 13.3 Å². The van der Waals surface area contributed by atoms with E-state index >= 15 is 0 Å². The van der Waals surface area contributed by atoms with Crippen LogP contribution in [0.3, 0.4) is 0 Å². The Balaban J connectivity index is 1.69. The molecule has 5 nitrogen and oxygen atoms in total. The first-order valence-electron chi connectivity index (χ1n) is 7.54. The molecule has 2 aromatic carbocycles. The number of carbonyl (C=O) groups is 2. The van der Waals surface area contributed by atoms with E-state index < -0.39 is 18.5 Å². The van der Waals surface area contributed by atoms with E-state index in [0.29, 0.717) is 21.5 Å². The third-order valence-electron chi connectivity index (χ3n) is 3.16. The lowest BCUT2D eigenvalue weighted by Gasteiger charge is -2.09. The fraction of sp³-hybridized carbons (Fsp3) is 0.222. The van der Waals surface area contributed by atoms with Gasteiger partial charge in [0, 0.05) is 5.02 Å². The van der Waals surface area contributed by atoms with Crippen molar-refractivity contribution in [3.8, 4) is 5.75 Å². The molecule has 0 radical (unpaired) electrons. The molecule has 0 aliphatic heterocycles. The number of carbonyl (C=O) groups excluding carboxylic acids is 2. The molecule has 2 aromatic rings. The van der Waals surface area contributed by atoms with E-state index in [4.69, 9.17) is 32.7 Å². The molecular formula is C18H17Cl2NO4. The summed E-state index contributed by atoms with van der Waals surface area (Å²) in [7, 11) is 0. The second-order valence-corrected chi connectivity index (χ2v) is 6.09. The summed E-state index contributed by atoms with van der Waals surface area (Å²) >= 11 is 11.8. The Morgan fingerprint density at radius 2 is 1.80 bits per heavy atom. The fourth-order valence-electron chi connectivity index (χ4n) is 1.88. The van der Waals surface area contributed by atoms with Crippen LogP contribution in [-0.4, -0.2) is 25.1 Å². The van der Waals surface area contributed by atoms with Crippen molar-refractivity contribution in [2.24, 2.45) is 0 Å². The Morgan fingerprint density at radius 3 is 2.52 bits per heavy atom. The third-order valence-corrected chi connectivity index (χ3v) is 3.73. The average Bonchev–Trinajstić information content (AvgIpc) is 2.58. The van der Waals surface area contributed by atoms with Crippen LogP contribution in [-0.2, 0) is 14.3 Å². The molecule has 7 heteroatoms. The van der Waals surface area contributed by atoms with Crippen LogP contribution >= 0.6 is 23.2 Å². The van der Waals surface area contributed by atoms with Crippen LogP contribution in [0.15, 0.2) is 42.5 Å². The minimum atomic E-state index is -0.528. The average molecular weight is 382 g/mol. The van der Waals surface area contributed by atoms with Crippen molar-refractivity contribution >= 4 is 40.8 Å². The van der Waals surface area contributed by atoms with Crippen LogP contribution in [0, 0.1) is 6.92 Å². The van der Waals surface area contributed by atoms with Crippen LogP contribution in [0.4, 0.5) is 5.69 Å². The lowest BCUT2D eigenvalue weighted by atomic mass is 10.2. The SMILES string of the molecule is Cc1ccc(OCCC(=O)OCC(=O)Nc2cc(Cl)ccc2Cl)cc1. The summed E-state index contributed by atoms with van der Waals surface area (Å²) in [5.74, 6) is -0.358. The molecule has 0 saturated heterocycles. The number of benzene rings is 2. The molecule has 0 spiro atoms. The topological polar surface area (TPSA) is 64.6 Å². The molecule has 0 unspecified atom stereocenters. The lowest BCUT2D eigenvalue weighted by Crippen LogP contribution is -2.21. The van der Waals surface area contributed by atoms with Gasteiger partial charge in [-0.2, -0.15) is 0 Å². The van der Waals surface area contributed by atoms with E-state index in [9.17, 15) is 9.59 Å². The van der Waals surface area contributed by atoms with Crippen LogP contribution in [0.5, 0.6) is 5.75 Å². The predicted molar refractivity (Wildman–Crippen MR) is 97.3 cm³/mol. The van der Waals surface area contributed by atoms with Gasteiger partial charge in [0.25, 0.3) is 5.91 Å². The van der Waals surface area contributed by atoms with E-state index in [-0.39, 0.29) is 13.0 Å². The fourth-order valence-corrected chi connectivity index (χ4v) is 2.22. The molecule has 0 saturated carbocycles. The Bertz CT molecular complexity index is 747. The Morgan fingerprint density at radius 1 is 1.08 bits per heavy atom. The van der Waals surface area contributed by atoms with E-state index in [0.717, 1.165) is 5.56 Å². The van der Waals surface area contributed by atoms with E-state index in [1.54, 1.807) is 12.1 Å². The second kappa shape index (κ2) is 9.30. The summed E-state index contributed by atoms with van der Waals surface area (Å²) in [4.78, 5) is 23.4. The van der Waals surface area contributed by atoms with Crippen molar-refractivity contribution in [1.82, 2.24) is 0 Å². The summed E-state index contributed by atoms with van der Waals surface area (Å²) in [5, 5.41) is 3.31. The van der Waals surface area contributed by atoms with Gasteiger partial charge in [-0.05, 0) is 37.3 Å². The molecule has 0 aliphatic carbocycles. The maximum absolute atomic E-state index is 11.8. The Labute approximate surface area is 155 Å². The highest BCUT2D eigenvalue weighted by Crippen LogP contribution is 2.25. The molecule has 25 heavy (non-hydrogen) atoms. The maximum Gasteiger partial charge on any atom is 0.309 e. The zero-order valence-electron chi connectivity index (χ0n) is 13.6. The van der Waals surface area contributed by atoms with Crippen molar-refractivity contribution in [1.29, 1.82) is 0 Å². The molecule has 132 valence electrons. The van der Waals surface area contributed by atoms with Gasteiger partial charge in [0.1, 0.15) is 5.75 Å². The van der Waals surface area contributed by atoms with Crippen LogP contribution in [0.25, 0.3) is 0 Å². The smallest absolute Gasteiger partial charge is 0.309 e. The van der Waals surface area contributed by atoms with Crippen molar-refractivity contribution in [2.75, 3.05) is 18.5 Å². The number of esters is 1. The summed E-state index contributed by atoms with van der Waals surface area (Å²) in [6.07, 6.45) is 0.0408. The highest BCUT2D eigenvalue weighted by molar-refractivity contribution is 6.35. The molecule has 0 bridgehead atoms. The molecule has 2 rings (SSSR count). The summed E-state index contributed by atoms with van der Waals surface area (Å²) in [6.45, 7) is 1.73. The Kier molecular flexibility index (Phi) is 7.10.